The van der Waals surface area contributed by atoms with Crippen molar-refractivity contribution in [2.45, 2.75) is 46.1 Å². The summed E-state index contributed by atoms with van der Waals surface area (Å²) >= 11 is 0. The fourth-order valence-corrected chi connectivity index (χ4v) is 1.40. The Hall–Kier alpha value is -0.890. The number of unbranched alkanes of at least 4 members (excludes halogenated alkanes) is 3. The minimum atomic E-state index is 0. The Labute approximate surface area is 86.9 Å². The molecular weight excluding hydrogens is 174 g/mol. The van der Waals surface area contributed by atoms with Crippen LogP contribution in [0.1, 0.15) is 38.2 Å². The van der Waals surface area contributed by atoms with Gasteiger partial charge in [0.25, 0.3) is 0 Å². The monoisotopic (exact) mass is 195 g/mol. The quantitative estimate of drug-likeness (QED) is 0.525. The highest BCUT2D eigenvalue weighted by Gasteiger charge is 1.97. The standard InChI is InChI=1S/C12H20N.H2O/c1-3-4-5-6-9-13-10-7-12(2)8-11-13;/h7-8,10-11H,3-6,9H2,1-2H3;1H2/q+1;/p-1. The highest BCUT2D eigenvalue weighted by Crippen LogP contribution is 1.98. The van der Waals surface area contributed by atoms with Gasteiger partial charge in [0.1, 0.15) is 6.54 Å². The van der Waals surface area contributed by atoms with E-state index in [1.807, 2.05) is 0 Å². The van der Waals surface area contributed by atoms with Crippen molar-refractivity contribution < 1.29 is 10.0 Å². The van der Waals surface area contributed by atoms with Crippen LogP contribution in [-0.4, -0.2) is 5.48 Å². The molecule has 0 aliphatic heterocycles. The van der Waals surface area contributed by atoms with Gasteiger partial charge in [0.2, 0.25) is 0 Å². The zero-order chi connectivity index (χ0) is 9.52. The van der Waals surface area contributed by atoms with Crippen LogP contribution in [0.4, 0.5) is 0 Å². The third-order valence-corrected chi connectivity index (χ3v) is 2.33. The van der Waals surface area contributed by atoms with E-state index in [4.69, 9.17) is 0 Å². The van der Waals surface area contributed by atoms with Gasteiger partial charge < -0.3 is 5.48 Å². The average molecular weight is 195 g/mol. The van der Waals surface area contributed by atoms with Crippen molar-refractivity contribution in [2.24, 2.45) is 0 Å². The SMILES string of the molecule is CCCCCC[n+]1ccc(C)cc1.[OH-]. The molecule has 2 nitrogen and oxygen atoms in total. The molecule has 1 rings (SSSR count). The Balaban J connectivity index is 0.00000169. The van der Waals surface area contributed by atoms with E-state index >= 15 is 0 Å². The van der Waals surface area contributed by atoms with Gasteiger partial charge in [0.05, 0.1) is 0 Å². The maximum Gasteiger partial charge on any atom is 0.169 e. The van der Waals surface area contributed by atoms with Gasteiger partial charge in [-0.25, -0.2) is 4.57 Å². The smallest absolute Gasteiger partial charge is 0.169 e. The first-order chi connectivity index (χ1) is 6.33. The van der Waals surface area contributed by atoms with Gasteiger partial charge >= 0.3 is 0 Å². The zero-order valence-corrected chi connectivity index (χ0v) is 9.24. The summed E-state index contributed by atoms with van der Waals surface area (Å²) in [5.74, 6) is 0. The minimum absolute atomic E-state index is 0. The highest BCUT2D eigenvalue weighted by molar-refractivity contribution is 5.03. The molecule has 0 aromatic carbocycles. The summed E-state index contributed by atoms with van der Waals surface area (Å²) in [7, 11) is 0. The summed E-state index contributed by atoms with van der Waals surface area (Å²) in [6.45, 7) is 5.54. The first-order valence-electron chi connectivity index (χ1n) is 5.28. The summed E-state index contributed by atoms with van der Waals surface area (Å²) in [6.07, 6.45) is 9.69. The van der Waals surface area contributed by atoms with E-state index in [1.54, 1.807) is 0 Å². The van der Waals surface area contributed by atoms with E-state index in [1.165, 1.54) is 37.8 Å². The molecule has 14 heavy (non-hydrogen) atoms. The number of hydrogen-bond donors (Lipinski definition) is 0. The van der Waals surface area contributed by atoms with Gasteiger partial charge in [-0.1, -0.05) is 19.8 Å². The Bertz CT molecular complexity index is 231. The molecule has 0 amide bonds. The van der Waals surface area contributed by atoms with Crippen molar-refractivity contribution in [3.63, 3.8) is 0 Å². The molecule has 0 aliphatic carbocycles. The van der Waals surface area contributed by atoms with Crippen molar-refractivity contribution in [3.05, 3.63) is 30.1 Å². The normalized spacial score (nSPS) is 9.57. The van der Waals surface area contributed by atoms with Gasteiger partial charge in [-0.2, -0.15) is 0 Å². The van der Waals surface area contributed by atoms with E-state index in [2.05, 4.69) is 42.9 Å². The van der Waals surface area contributed by atoms with E-state index in [0.29, 0.717) is 0 Å². The molecule has 0 unspecified atom stereocenters. The van der Waals surface area contributed by atoms with Crippen LogP contribution in [0.25, 0.3) is 0 Å². The maximum atomic E-state index is 2.27. The fraction of sp³-hybridized carbons (Fsp3) is 0.583. The summed E-state index contributed by atoms with van der Waals surface area (Å²) in [6, 6.07) is 4.33. The molecule has 0 atom stereocenters. The van der Waals surface area contributed by atoms with Gasteiger partial charge in [-0.3, -0.25) is 0 Å². The van der Waals surface area contributed by atoms with Crippen molar-refractivity contribution in [1.29, 1.82) is 0 Å². The van der Waals surface area contributed by atoms with Gasteiger partial charge in [-0.15, -0.1) is 0 Å². The van der Waals surface area contributed by atoms with Crippen LogP contribution in [0.5, 0.6) is 0 Å². The van der Waals surface area contributed by atoms with Crippen LogP contribution in [0.2, 0.25) is 0 Å². The van der Waals surface area contributed by atoms with Crippen LogP contribution in [0.15, 0.2) is 24.5 Å². The third kappa shape index (κ3) is 4.97. The largest absolute Gasteiger partial charge is 0.870 e. The summed E-state index contributed by atoms with van der Waals surface area (Å²) in [4.78, 5) is 0. The molecule has 0 bridgehead atoms. The lowest BCUT2D eigenvalue weighted by Gasteiger charge is -1.97. The molecule has 0 saturated carbocycles. The molecule has 1 heterocycles. The lowest BCUT2D eigenvalue weighted by Crippen LogP contribution is -2.32. The Morgan fingerprint density at radius 1 is 1.07 bits per heavy atom. The lowest BCUT2D eigenvalue weighted by molar-refractivity contribution is -0.697. The van der Waals surface area contributed by atoms with Crippen LogP contribution in [0.3, 0.4) is 0 Å². The van der Waals surface area contributed by atoms with E-state index in [0.717, 1.165) is 0 Å². The van der Waals surface area contributed by atoms with Crippen LogP contribution < -0.4 is 4.57 Å². The zero-order valence-electron chi connectivity index (χ0n) is 9.24. The van der Waals surface area contributed by atoms with E-state index in [-0.39, 0.29) is 5.48 Å². The van der Waals surface area contributed by atoms with Crippen molar-refractivity contribution in [1.82, 2.24) is 0 Å². The Morgan fingerprint density at radius 2 is 1.71 bits per heavy atom. The molecule has 1 N–H and O–H groups in total. The number of rotatable bonds is 5. The Morgan fingerprint density at radius 3 is 2.29 bits per heavy atom. The second-order valence-corrected chi connectivity index (χ2v) is 3.67. The molecule has 80 valence electrons. The maximum absolute atomic E-state index is 2.27. The molecule has 1 aromatic rings. The molecule has 0 spiro atoms. The predicted octanol–water partition coefficient (Wildman–Crippen LogP) is 2.69. The second-order valence-electron chi connectivity index (χ2n) is 3.67. The number of nitrogens with zero attached hydrogens (tertiary/aromatic N) is 1. The van der Waals surface area contributed by atoms with Gasteiger partial charge in [0, 0.05) is 18.6 Å². The topological polar surface area (TPSA) is 33.9 Å². The summed E-state index contributed by atoms with van der Waals surface area (Å²) < 4.78 is 2.27. The number of aryl methyl sites for hydroxylation is 2. The molecular formula is C12H21NO. The average Bonchev–Trinajstić information content (AvgIpc) is 2.15. The molecule has 0 saturated heterocycles. The predicted molar refractivity (Wildman–Crippen MR) is 57.5 cm³/mol. The van der Waals surface area contributed by atoms with Crippen molar-refractivity contribution >= 4 is 0 Å². The first-order valence-corrected chi connectivity index (χ1v) is 5.28. The molecule has 2 heteroatoms. The van der Waals surface area contributed by atoms with Crippen LogP contribution in [-0.2, 0) is 6.54 Å². The van der Waals surface area contributed by atoms with Crippen LogP contribution >= 0.6 is 0 Å². The summed E-state index contributed by atoms with van der Waals surface area (Å²) in [5.41, 5.74) is 1.34. The molecule has 0 radical (unpaired) electrons. The fourth-order valence-electron chi connectivity index (χ4n) is 1.40. The highest BCUT2D eigenvalue weighted by atomic mass is 16.0. The Kier molecular flexibility index (Phi) is 7.03. The number of hydrogen-bond acceptors (Lipinski definition) is 1. The number of pyridine rings is 1. The van der Waals surface area contributed by atoms with Crippen molar-refractivity contribution in [2.75, 3.05) is 0 Å². The van der Waals surface area contributed by atoms with Gasteiger partial charge in [0.15, 0.2) is 12.4 Å². The lowest BCUT2D eigenvalue weighted by atomic mass is 10.2. The first kappa shape index (κ1) is 13.1. The molecule has 1 aromatic heterocycles. The van der Waals surface area contributed by atoms with E-state index < -0.39 is 0 Å². The minimum Gasteiger partial charge on any atom is -0.870 e. The van der Waals surface area contributed by atoms with E-state index in [9.17, 15) is 0 Å². The third-order valence-electron chi connectivity index (χ3n) is 2.33. The van der Waals surface area contributed by atoms with Gasteiger partial charge in [-0.05, 0) is 18.9 Å². The molecule has 0 aliphatic rings. The molecule has 0 fully saturated rings. The van der Waals surface area contributed by atoms with Crippen molar-refractivity contribution in [3.8, 4) is 0 Å². The van der Waals surface area contributed by atoms with Crippen LogP contribution in [0, 0.1) is 6.92 Å². The number of aromatic nitrogens is 1. The summed E-state index contributed by atoms with van der Waals surface area (Å²) in [5, 5.41) is 0. The second kappa shape index (κ2) is 7.51.